The minimum Gasteiger partial charge on any atom is -0.489 e. The highest BCUT2D eigenvalue weighted by atomic mass is 19.1. The fourth-order valence-electron chi connectivity index (χ4n) is 2.08. The normalized spacial score (nSPS) is 11.6. The van der Waals surface area contributed by atoms with Gasteiger partial charge in [0.2, 0.25) is 0 Å². The van der Waals surface area contributed by atoms with Crippen LogP contribution in [0.4, 0.5) is 9.18 Å². The summed E-state index contributed by atoms with van der Waals surface area (Å²) >= 11 is 0. The molecule has 0 aliphatic rings. The van der Waals surface area contributed by atoms with Crippen LogP contribution in [-0.2, 0) is 0 Å². The van der Waals surface area contributed by atoms with Crippen molar-refractivity contribution in [1.82, 2.24) is 10.2 Å². The van der Waals surface area contributed by atoms with Gasteiger partial charge in [-0.05, 0) is 24.6 Å². The maximum Gasteiger partial charge on any atom is 0.317 e. The van der Waals surface area contributed by atoms with Crippen molar-refractivity contribution in [2.45, 2.75) is 13.0 Å². The largest absolute Gasteiger partial charge is 0.489 e. The Kier molecular flexibility index (Phi) is 5.97. The molecule has 2 aromatic carbocycles. The van der Waals surface area contributed by atoms with Gasteiger partial charge < -0.3 is 15.0 Å². The molecule has 0 aliphatic heterocycles. The van der Waals surface area contributed by atoms with Gasteiger partial charge in [-0.15, -0.1) is 0 Å². The molecule has 1 atom stereocenters. The van der Waals surface area contributed by atoms with E-state index in [2.05, 4.69) is 5.32 Å². The molecule has 4 nitrogen and oxygen atoms in total. The molecule has 23 heavy (non-hydrogen) atoms. The maximum atomic E-state index is 13.4. The van der Waals surface area contributed by atoms with Crippen LogP contribution in [0, 0.1) is 5.82 Å². The van der Waals surface area contributed by atoms with Gasteiger partial charge in [0.1, 0.15) is 6.61 Å². The Bertz CT molecular complexity index is 634. The summed E-state index contributed by atoms with van der Waals surface area (Å²) in [4.78, 5) is 13.6. The van der Waals surface area contributed by atoms with Crippen molar-refractivity contribution in [3.8, 4) is 5.75 Å². The molecule has 2 aromatic rings. The summed E-state index contributed by atoms with van der Waals surface area (Å²) < 4.78 is 18.8. The minimum absolute atomic E-state index is 0.0846. The number of hydrogen-bond acceptors (Lipinski definition) is 2. The fourth-order valence-corrected chi connectivity index (χ4v) is 2.08. The average molecular weight is 316 g/mol. The van der Waals surface area contributed by atoms with Crippen LogP contribution < -0.4 is 10.1 Å². The monoisotopic (exact) mass is 316 g/mol. The zero-order valence-corrected chi connectivity index (χ0v) is 13.3. The Morgan fingerprint density at radius 3 is 2.52 bits per heavy atom. The molecular weight excluding hydrogens is 295 g/mol. The zero-order chi connectivity index (χ0) is 16.7. The van der Waals surface area contributed by atoms with Crippen LogP contribution in [0.3, 0.4) is 0 Å². The standard InChI is InChI=1S/C18H21FN2O2/c1-14(15-8-4-3-5-9-15)20-18(22)21(2)12-13-23-17-11-7-6-10-16(17)19/h3-11,14H,12-13H2,1-2H3,(H,20,22). The molecule has 1 unspecified atom stereocenters. The van der Waals surface area contributed by atoms with Gasteiger partial charge in [0.25, 0.3) is 0 Å². The maximum absolute atomic E-state index is 13.4. The van der Waals surface area contributed by atoms with Crippen molar-refractivity contribution < 1.29 is 13.9 Å². The van der Waals surface area contributed by atoms with Crippen molar-refractivity contribution in [1.29, 1.82) is 0 Å². The van der Waals surface area contributed by atoms with E-state index in [0.717, 1.165) is 5.56 Å². The minimum atomic E-state index is -0.405. The lowest BCUT2D eigenvalue weighted by Crippen LogP contribution is -2.40. The Balaban J connectivity index is 1.78. The van der Waals surface area contributed by atoms with Crippen LogP contribution >= 0.6 is 0 Å². The van der Waals surface area contributed by atoms with E-state index in [4.69, 9.17) is 4.74 Å². The van der Waals surface area contributed by atoms with E-state index in [-0.39, 0.29) is 24.4 Å². The number of carbonyl (C=O) groups excluding carboxylic acids is 1. The molecule has 0 radical (unpaired) electrons. The van der Waals surface area contributed by atoms with Crippen molar-refractivity contribution in [2.75, 3.05) is 20.2 Å². The molecule has 0 saturated carbocycles. The van der Waals surface area contributed by atoms with E-state index in [1.807, 2.05) is 37.3 Å². The number of halogens is 1. The van der Waals surface area contributed by atoms with E-state index >= 15 is 0 Å². The van der Waals surface area contributed by atoms with Crippen LogP contribution in [0.15, 0.2) is 54.6 Å². The molecule has 0 saturated heterocycles. The molecule has 122 valence electrons. The summed E-state index contributed by atoms with van der Waals surface area (Å²) in [5.74, 6) is -0.212. The quantitative estimate of drug-likeness (QED) is 0.884. The number of ether oxygens (including phenoxy) is 1. The van der Waals surface area contributed by atoms with E-state index in [9.17, 15) is 9.18 Å². The zero-order valence-electron chi connectivity index (χ0n) is 13.3. The van der Waals surface area contributed by atoms with Gasteiger partial charge in [-0.1, -0.05) is 42.5 Å². The van der Waals surface area contributed by atoms with Gasteiger partial charge in [0, 0.05) is 7.05 Å². The van der Waals surface area contributed by atoms with Crippen molar-refractivity contribution >= 4 is 6.03 Å². The summed E-state index contributed by atoms with van der Waals surface area (Å²) in [6, 6.07) is 15.7. The summed E-state index contributed by atoms with van der Waals surface area (Å²) in [5.41, 5.74) is 1.04. The van der Waals surface area contributed by atoms with Crippen LogP contribution in [-0.4, -0.2) is 31.1 Å². The molecule has 1 N–H and O–H groups in total. The van der Waals surface area contributed by atoms with Gasteiger partial charge in [0.15, 0.2) is 11.6 Å². The van der Waals surface area contributed by atoms with E-state index < -0.39 is 5.82 Å². The van der Waals surface area contributed by atoms with Crippen LogP contribution in [0.2, 0.25) is 0 Å². The third kappa shape index (κ3) is 4.98. The first-order valence-electron chi connectivity index (χ1n) is 7.52. The Labute approximate surface area is 135 Å². The number of para-hydroxylation sites is 1. The van der Waals surface area contributed by atoms with Crippen molar-refractivity contribution in [3.05, 3.63) is 66.0 Å². The second kappa shape index (κ2) is 8.17. The van der Waals surface area contributed by atoms with Gasteiger partial charge in [-0.25, -0.2) is 9.18 Å². The van der Waals surface area contributed by atoms with Crippen LogP contribution in [0.1, 0.15) is 18.5 Å². The van der Waals surface area contributed by atoms with E-state index in [1.165, 1.54) is 11.0 Å². The highest BCUT2D eigenvalue weighted by Crippen LogP contribution is 2.15. The molecule has 0 heterocycles. The summed E-state index contributed by atoms with van der Waals surface area (Å²) in [6.07, 6.45) is 0. The van der Waals surface area contributed by atoms with E-state index in [0.29, 0.717) is 6.54 Å². The van der Waals surface area contributed by atoms with Crippen molar-refractivity contribution in [2.24, 2.45) is 0 Å². The molecule has 0 spiro atoms. The molecule has 2 amide bonds. The smallest absolute Gasteiger partial charge is 0.317 e. The lowest BCUT2D eigenvalue weighted by Gasteiger charge is -2.21. The van der Waals surface area contributed by atoms with Crippen molar-refractivity contribution in [3.63, 3.8) is 0 Å². The topological polar surface area (TPSA) is 41.6 Å². The summed E-state index contributed by atoms with van der Waals surface area (Å²) in [7, 11) is 1.68. The average Bonchev–Trinajstić information content (AvgIpc) is 2.57. The van der Waals surface area contributed by atoms with E-state index in [1.54, 1.807) is 25.2 Å². The molecular formula is C18H21FN2O2. The van der Waals surface area contributed by atoms with Crippen LogP contribution in [0.5, 0.6) is 5.75 Å². The predicted molar refractivity (Wildman–Crippen MR) is 87.9 cm³/mol. The second-order valence-electron chi connectivity index (χ2n) is 5.28. The number of nitrogens with one attached hydrogen (secondary N) is 1. The second-order valence-corrected chi connectivity index (χ2v) is 5.28. The third-order valence-corrected chi connectivity index (χ3v) is 3.51. The Morgan fingerprint density at radius 1 is 1.17 bits per heavy atom. The lowest BCUT2D eigenvalue weighted by molar-refractivity contribution is 0.191. The number of likely N-dealkylation sites (N-methyl/N-ethyl adjacent to an activating group) is 1. The van der Waals surface area contributed by atoms with Crippen LogP contribution in [0.25, 0.3) is 0 Å². The van der Waals surface area contributed by atoms with Gasteiger partial charge in [0.05, 0.1) is 12.6 Å². The highest BCUT2D eigenvalue weighted by molar-refractivity contribution is 5.74. The molecule has 2 rings (SSSR count). The number of benzene rings is 2. The molecule has 0 bridgehead atoms. The summed E-state index contributed by atoms with van der Waals surface area (Å²) in [5, 5.41) is 2.91. The fraction of sp³-hybridized carbons (Fsp3) is 0.278. The number of carbonyl (C=O) groups is 1. The predicted octanol–water partition coefficient (Wildman–Crippen LogP) is 3.61. The lowest BCUT2D eigenvalue weighted by atomic mass is 10.1. The molecule has 0 fully saturated rings. The number of hydrogen-bond donors (Lipinski definition) is 1. The first-order chi connectivity index (χ1) is 11.1. The Hall–Kier alpha value is -2.56. The molecule has 5 heteroatoms. The number of urea groups is 1. The third-order valence-electron chi connectivity index (χ3n) is 3.51. The molecule has 0 aromatic heterocycles. The van der Waals surface area contributed by atoms with Gasteiger partial charge in [-0.2, -0.15) is 0 Å². The number of amides is 2. The number of nitrogens with zero attached hydrogens (tertiary/aromatic N) is 1. The summed E-state index contributed by atoms with van der Waals surface area (Å²) in [6.45, 7) is 2.52. The molecule has 0 aliphatic carbocycles. The SMILES string of the molecule is CC(NC(=O)N(C)CCOc1ccccc1F)c1ccccc1. The van der Waals surface area contributed by atoms with Gasteiger partial charge >= 0.3 is 6.03 Å². The highest BCUT2D eigenvalue weighted by Gasteiger charge is 2.13. The van der Waals surface area contributed by atoms with Gasteiger partial charge in [-0.3, -0.25) is 0 Å². The number of rotatable bonds is 6. The first kappa shape index (κ1) is 16.8. The Morgan fingerprint density at radius 2 is 1.83 bits per heavy atom. The first-order valence-corrected chi connectivity index (χ1v) is 7.52.